The number of hydrogen-bond donors (Lipinski definition) is 2. The third-order valence-corrected chi connectivity index (χ3v) is 4.48. The van der Waals surface area contributed by atoms with Gasteiger partial charge >= 0.3 is 0 Å². The zero-order valence-electron chi connectivity index (χ0n) is 15.0. The summed E-state index contributed by atoms with van der Waals surface area (Å²) < 4.78 is 0. The average Bonchev–Trinajstić information content (AvgIpc) is 2.57. The van der Waals surface area contributed by atoms with Gasteiger partial charge in [0.15, 0.2) is 0 Å². The van der Waals surface area contributed by atoms with Crippen LogP contribution in [0.15, 0.2) is 24.3 Å². The molecule has 140 valence electrons. The van der Waals surface area contributed by atoms with E-state index in [0.29, 0.717) is 19.5 Å². The second-order valence-corrected chi connectivity index (χ2v) is 6.54. The molecule has 1 heterocycles. The van der Waals surface area contributed by atoms with Gasteiger partial charge in [-0.2, -0.15) is 0 Å². The normalized spacial score (nSPS) is 17.1. The number of nitrogens with two attached hydrogens (primary N) is 1. The molecule has 3 N–H and O–H groups in total. The Morgan fingerprint density at radius 2 is 1.88 bits per heavy atom. The number of nitrogens with zero attached hydrogens (tertiary/aromatic N) is 1. The first-order valence-electron chi connectivity index (χ1n) is 8.99. The number of amides is 2. The Labute approximate surface area is 156 Å². The zero-order chi connectivity index (χ0) is 17.4. The first-order chi connectivity index (χ1) is 11.6. The molecule has 1 atom stereocenters. The van der Waals surface area contributed by atoms with Gasteiger partial charge in [-0.05, 0) is 51.3 Å². The fourth-order valence-corrected chi connectivity index (χ4v) is 3.04. The molecule has 0 radical (unpaired) electrons. The van der Waals surface area contributed by atoms with E-state index in [0.717, 1.165) is 44.2 Å². The minimum Gasteiger partial charge on any atom is -0.344 e. The van der Waals surface area contributed by atoms with Crippen molar-refractivity contribution in [1.29, 1.82) is 0 Å². The third-order valence-electron chi connectivity index (χ3n) is 4.48. The van der Waals surface area contributed by atoms with E-state index in [9.17, 15) is 9.59 Å². The second kappa shape index (κ2) is 11.1. The van der Waals surface area contributed by atoms with Crippen LogP contribution in [-0.4, -0.2) is 30.9 Å². The van der Waals surface area contributed by atoms with Crippen molar-refractivity contribution in [1.82, 2.24) is 5.32 Å². The Balaban J connectivity index is 0.00000312. The summed E-state index contributed by atoms with van der Waals surface area (Å²) in [6, 6.07) is 7.55. The molecule has 25 heavy (non-hydrogen) atoms. The van der Waals surface area contributed by atoms with Gasteiger partial charge in [-0.15, -0.1) is 12.4 Å². The molecule has 1 saturated heterocycles. The van der Waals surface area contributed by atoms with E-state index in [1.807, 2.05) is 31.2 Å². The van der Waals surface area contributed by atoms with E-state index in [1.54, 1.807) is 4.90 Å². The highest BCUT2D eigenvalue weighted by atomic mass is 35.5. The van der Waals surface area contributed by atoms with E-state index in [-0.39, 0.29) is 24.2 Å². The molecule has 1 unspecified atom stereocenters. The van der Waals surface area contributed by atoms with Crippen molar-refractivity contribution in [3.63, 3.8) is 0 Å². The van der Waals surface area contributed by atoms with Gasteiger partial charge in [0.2, 0.25) is 11.8 Å². The van der Waals surface area contributed by atoms with Gasteiger partial charge in [0.05, 0.1) is 0 Å². The predicted molar refractivity (Wildman–Crippen MR) is 104 cm³/mol. The van der Waals surface area contributed by atoms with Crippen LogP contribution in [-0.2, 0) is 9.59 Å². The Kier molecular flexibility index (Phi) is 9.53. The van der Waals surface area contributed by atoms with Gasteiger partial charge in [0.1, 0.15) is 6.04 Å². The highest BCUT2D eigenvalue weighted by Crippen LogP contribution is 2.21. The van der Waals surface area contributed by atoms with Crippen molar-refractivity contribution < 1.29 is 9.59 Å². The van der Waals surface area contributed by atoms with Crippen LogP contribution in [0.4, 0.5) is 5.69 Å². The molecule has 1 aliphatic heterocycles. The van der Waals surface area contributed by atoms with Crippen LogP contribution in [0.3, 0.4) is 0 Å². The fourth-order valence-electron chi connectivity index (χ4n) is 3.04. The fraction of sp³-hybridized carbons (Fsp3) is 0.579. The summed E-state index contributed by atoms with van der Waals surface area (Å²) in [6.45, 7) is 3.45. The van der Waals surface area contributed by atoms with Crippen molar-refractivity contribution in [2.24, 2.45) is 5.73 Å². The molecule has 1 aromatic carbocycles. The number of unbranched alkanes of at least 4 members (excludes halogenated alkanes) is 3. The summed E-state index contributed by atoms with van der Waals surface area (Å²) in [6.07, 6.45) is 6.05. The lowest BCUT2D eigenvalue weighted by Gasteiger charge is -2.32. The number of carbonyl (C=O) groups is 2. The smallest absolute Gasteiger partial charge is 0.249 e. The Hall–Kier alpha value is -1.59. The van der Waals surface area contributed by atoms with E-state index in [2.05, 4.69) is 5.32 Å². The average molecular weight is 368 g/mol. The lowest BCUT2D eigenvalue weighted by Crippen LogP contribution is -2.52. The number of halogens is 1. The topological polar surface area (TPSA) is 75.4 Å². The van der Waals surface area contributed by atoms with Crippen LogP contribution in [0.5, 0.6) is 0 Å². The molecule has 0 aliphatic carbocycles. The molecule has 2 amide bonds. The number of piperidine rings is 1. The Bertz CT molecular complexity index is 548. The van der Waals surface area contributed by atoms with Gasteiger partial charge in [0.25, 0.3) is 0 Å². The number of benzene rings is 1. The third kappa shape index (κ3) is 6.67. The van der Waals surface area contributed by atoms with Crippen LogP contribution in [0.2, 0.25) is 0 Å². The van der Waals surface area contributed by atoms with Crippen LogP contribution in [0, 0.1) is 6.92 Å². The number of anilines is 1. The molecule has 5 nitrogen and oxygen atoms in total. The molecule has 1 aromatic rings. The summed E-state index contributed by atoms with van der Waals surface area (Å²) >= 11 is 0. The van der Waals surface area contributed by atoms with Crippen molar-refractivity contribution >= 4 is 29.9 Å². The molecular weight excluding hydrogens is 338 g/mol. The largest absolute Gasteiger partial charge is 0.344 e. The van der Waals surface area contributed by atoms with E-state index >= 15 is 0 Å². The molecule has 2 rings (SSSR count). The molecule has 0 bridgehead atoms. The molecule has 0 aromatic heterocycles. The first kappa shape index (κ1) is 21.5. The second-order valence-electron chi connectivity index (χ2n) is 6.54. The van der Waals surface area contributed by atoms with Crippen molar-refractivity contribution in [2.75, 3.05) is 18.0 Å². The lowest BCUT2D eigenvalue weighted by atomic mass is 10.0. The maximum Gasteiger partial charge on any atom is 0.249 e. The standard InChI is InChI=1S/C19H29N3O2.ClH/c1-15-9-11-16(12-10-15)22-14-6-7-17(19(22)24)21-18(23)8-4-2-3-5-13-20;/h9-12,17H,2-8,13-14,20H2,1H3,(H,21,23);1H. The minimum atomic E-state index is -0.392. The van der Waals surface area contributed by atoms with Crippen molar-refractivity contribution in [3.05, 3.63) is 29.8 Å². The van der Waals surface area contributed by atoms with Crippen LogP contribution >= 0.6 is 12.4 Å². The SMILES string of the molecule is Cc1ccc(N2CCCC(NC(=O)CCCCCCN)C2=O)cc1.Cl. The summed E-state index contributed by atoms with van der Waals surface area (Å²) in [4.78, 5) is 26.5. The quantitative estimate of drug-likeness (QED) is 0.693. The van der Waals surface area contributed by atoms with Gasteiger partial charge in [-0.25, -0.2) is 0 Å². The lowest BCUT2D eigenvalue weighted by molar-refractivity contribution is -0.128. The van der Waals surface area contributed by atoms with E-state index in [1.165, 1.54) is 5.56 Å². The molecule has 1 fully saturated rings. The van der Waals surface area contributed by atoms with Crippen LogP contribution in [0.1, 0.15) is 50.5 Å². The number of hydrogen-bond acceptors (Lipinski definition) is 3. The Morgan fingerprint density at radius 3 is 2.56 bits per heavy atom. The summed E-state index contributed by atoms with van der Waals surface area (Å²) in [5.74, 6) is -0.0200. The van der Waals surface area contributed by atoms with Gasteiger partial charge in [-0.3, -0.25) is 9.59 Å². The molecular formula is C19H30ClN3O2. The van der Waals surface area contributed by atoms with Crippen LogP contribution < -0.4 is 16.0 Å². The Morgan fingerprint density at radius 1 is 1.20 bits per heavy atom. The monoisotopic (exact) mass is 367 g/mol. The van der Waals surface area contributed by atoms with Gasteiger partial charge < -0.3 is 16.0 Å². The maximum absolute atomic E-state index is 12.7. The highest BCUT2D eigenvalue weighted by Gasteiger charge is 2.30. The van der Waals surface area contributed by atoms with E-state index < -0.39 is 6.04 Å². The zero-order valence-corrected chi connectivity index (χ0v) is 15.8. The first-order valence-corrected chi connectivity index (χ1v) is 8.99. The molecule has 0 saturated carbocycles. The van der Waals surface area contributed by atoms with Crippen molar-refractivity contribution in [3.8, 4) is 0 Å². The number of aryl methyl sites for hydroxylation is 1. The minimum absolute atomic E-state index is 0. The molecule has 1 aliphatic rings. The number of rotatable bonds is 8. The summed E-state index contributed by atoms with van der Waals surface area (Å²) in [7, 11) is 0. The van der Waals surface area contributed by atoms with Gasteiger partial charge in [-0.1, -0.05) is 30.5 Å². The number of carbonyl (C=O) groups excluding carboxylic acids is 2. The van der Waals surface area contributed by atoms with Crippen molar-refractivity contribution in [2.45, 2.75) is 57.9 Å². The number of nitrogens with one attached hydrogen (secondary N) is 1. The highest BCUT2D eigenvalue weighted by molar-refractivity contribution is 5.99. The summed E-state index contributed by atoms with van der Waals surface area (Å²) in [5, 5.41) is 2.92. The summed E-state index contributed by atoms with van der Waals surface area (Å²) in [5.41, 5.74) is 7.54. The molecule has 6 heteroatoms. The molecule has 0 spiro atoms. The van der Waals surface area contributed by atoms with Crippen LogP contribution in [0.25, 0.3) is 0 Å². The van der Waals surface area contributed by atoms with E-state index in [4.69, 9.17) is 5.73 Å². The van der Waals surface area contributed by atoms with Gasteiger partial charge in [0, 0.05) is 18.7 Å². The predicted octanol–water partition coefficient (Wildman–Crippen LogP) is 2.94. The maximum atomic E-state index is 12.7.